The average Bonchev–Trinajstić information content (AvgIpc) is 3.00. The minimum absolute atomic E-state index is 0.0285. The van der Waals surface area contributed by atoms with Gasteiger partial charge in [0.25, 0.3) is 0 Å². The fraction of sp³-hybridized carbons (Fsp3) is 0.824. The number of nitrogens with one attached hydrogen (secondary N) is 2. The number of amides is 1. The Morgan fingerprint density at radius 1 is 1.43 bits per heavy atom. The van der Waals surface area contributed by atoms with Crippen LogP contribution < -0.4 is 10.6 Å². The molecule has 0 saturated carbocycles. The molecule has 1 aromatic rings. The maximum absolute atomic E-state index is 12.5. The smallest absolute Gasteiger partial charge is 0.220 e. The predicted octanol–water partition coefficient (Wildman–Crippen LogP) is 1.82. The molecule has 1 amide bonds. The van der Waals surface area contributed by atoms with Gasteiger partial charge in [0.2, 0.25) is 5.91 Å². The van der Waals surface area contributed by atoms with Crippen molar-refractivity contribution in [2.75, 3.05) is 13.1 Å². The summed E-state index contributed by atoms with van der Waals surface area (Å²) in [6.07, 6.45) is 5.92. The van der Waals surface area contributed by atoms with Crippen molar-refractivity contribution in [1.29, 1.82) is 0 Å². The fourth-order valence-corrected chi connectivity index (χ4v) is 3.76. The van der Waals surface area contributed by atoms with Crippen LogP contribution in [0.4, 0.5) is 0 Å². The number of hydrogen-bond donors (Lipinski definition) is 2. The van der Waals surface area contributed by atoms with Gasteiger partial charge in [-0.1, -0.05) is 13.8 Å². The van der Waals surface area contributed by atoms with Crippen LogP contribution in [0.2, 0.25) is 0 Å². The Hall–Kier alpha value is -1.43. The van der Waals surface area contributed by atoms with Gasteiger partial charge in [-0.15, -0.1) is 0 Å². The van der Waals surface area contributed by atoms with Crippen molar-refractivity contribution in [3.05, 3.63) is 11.6 Å². The molecule has 3 rings (SSSR count). The molecule has 23 heavy (non-hydrogen) atoms. The molecule has 3 atom stereocenters. The maximum atomic E-state index is 12.5. The van der Waals surface area contributed by atoms with Crippen LogP contribution in [0.3, 0.4) is 0 Å². The number of carbonyl (C=O) groups excluding carboxylic acids is 1. The number of carbonyl (C=O) groups is 1. The highest BCUT2D eigenvalue weighted by molar-refractivity contribution is 5.76. The van der Waals surface area contributed by atoms with E-state index in [0.717, 1.165) is 50.5 Å². The first-order valence-corrected chi connectivity index (χ1v) is 9.11. The Morgan fingerprint density at radius 3 is 3.04 bits per heavy atom. The van der Waals surface area contributed by atoms with E-state index in [1.54, 1.807) is 0 Å². The molecule has 1 aromatic heterocycles. The SMILES string of the molecule is CCc1nc2n(n1)CCCC2NC(=O)CC(C)C1CCCNC1. The normalized spacial score (nSPS) is 25.7. The Morgan fingerprint density at radius 2 is 2.30 bits per heavy atom. The second kappa shape index (κ2) is 7.43. The minimum atomic E-state index is 0.0285. The van der Waals surface area contributed by atoms with E-state index in [1.165, 1.54) is 12.8 Å². The number of aromatic nitrogens is 3. The van der Waals surface area contributed by atoms with Gasteiger partial charge in [0.15, 0.2) is 5.82 Å². The van der Waals surface area contributed by atoms with Crippen LogP contribution in [0.1, 0.15) is 63.6 Å². The monoisotopic (exact) mass is 319 g/mol. The molecule has 2 aliphatic rings. The molecule has 6 nitrogen and oxygen atoms in total. The number of aryl methyl sites for hydroxylation is 2. The van der Waals surface area contributed by atoms with Crippen LogP contribution in [-0.2, 0) is 17.8 Å². The van der Waals surface area contributed by atoms with E-state index < -0.39 is 0 Å². The van der Waals surface area contributed by atoms with E-state index in [0.29, 0.717) is 18.3 Å². The molecule has 0 aliphatic carbocycles. The lowest BCUT2D eigenvalue weighted by atomic mass is 9.85. The zero-order valence-electron chi connectivity index (χ0n) is 14.3. The highest BCUT2D eigenvalue weighted by atomic mass is 16.1. The quantitative estimate of drug-likeness (QED) is 0.868. The first-order valence-electron chi connectivity index (χ1n) is 9.11. The lowest BCUT2D eigenvalue weighted by Gasteiger charge is -2.29. The molecular weight excluding hydrogens is 290 g/mol. The Labute approximate surface area is 138 Å². The van der Waals surface area contributed by atoms with E-state index in [2.05, 4.69) is 34.6 Å². The van der Waals surface area contributed by atoms with E-state index in [1.807, 2.05) is 4.68 Å². The van der Waals surface area contributed by atoms with Crippen molar-refractivity contribution in [3.63, 3.8) is 0 Å². The molecule has 6 heteroatoms. The van der Waals surface area contributed by atoms with Gasteiger partial charge in [-0.2, -0.15) is 5.10 Å². The summed E-state index contributed by atoms with van der Waals surface area (Å²) in [5.74, 6) is 3.02. The summed E-state index contributed by atoms with van der Waals surface area (Å²) >= 11 is 0. The Bertz CT molecular complexity index is 535. The van der Waals surface area contributed by atoms with Crippen LogP contribution in [-0.4, -0.2) is 33.8 Å². The van der Waals surface area contributed by atoms with Crippen molar-refractivity contribution < 1.29 is 4.79 Å². The van der Waals surface area contributed by atoms with E-state index in [9.17, 15) is 4.79 Å². The van der Waals surface area contributed by atoms with Crippen molar-refractivity contribution in [2.45, 2.75) is 65.0 Å². The number of piperidine rings is 1. The third-order valence-corrected chi connectivity index (χ3v) is 5.22. The van der Waals surface area contributed by atoms with Crippen LogP contribution in [0.5, 0.6) is 0 Å². The number of fused-ring (bicyclic) bond motifs is 1. The standard InChI is InChI=1S/C17H29N5O/c1-3-15-20-17-14(7-5-9-22(17)21-15)19-16(23)10-12(2)13-6-4-8-18-11-13/h12-14,18H,3-11H2,1-2H3,(H,19,23). The van der Waals surface area contributed by atoms with Gasteiger partial charge in [-0.25, -0.2) is 9.67 Å². The van der Waals surface area contributed by atoms with E-state index in [4.69, 9.17) is 0 Å². The molecule has 2 N–H and O–H groups in total. The Balaban J connectivity index is 1.57. The largest absolute Gasteiger partial charge is 0.346 e. The molecule has 0 bridgehead atoms. The lowest BCUT2D eigenvalue weighted by molar-refractivity contribution is -0.123. The van der Waals surface area contributed by atoms with E-state index in [-0.39, 0.29) is 11.9 Å². The molecule has 0 spiro atoms. The van der Waals surface area contributed by atoms with Crippen LogP contribution in [0.15, 0.2) is 0 Å². The topological polar surface area (TPSA) is 71.8 Å². The lowest BCUT2D eigenvalue weighted by Crippen LogP contribution is -2.37. The molecule has 3 unspecified atom stereocenters. The van der Waals surface area contributed by atoms with Gasteiger partial charge >= 0.3 is 0 Å². The molecule has 2 aliphatic heterocycles. The highest BCUT2D eigenvalue weighted by Crippen LogP contribution is 2.25. The number of hydrogen-bond acceptors (Lipinski definition) is 4. The molecule has 1 fully saturated rings. The van der Waals surface area contributed by atoms with Gasteiger partial charge in [-0.3, -0.25) is 4.79 Å². The van der Waals surface area contributed by atoms with Gasteiger partial charge in [0.1, 0.15) is 5.82 Å². The predicted molar refractivity (Wildman–Crippen MR) is 88.9 cm³/mol. The van der Waals surface area contributed by atoms with Crippen molar-refractivity contribution in [1.82, 2.24) is 25.4 Å². The fourth-order valence-electron chi connectivity index (χ4n) is 3.76. The molecule has 0 radical (unpaired) electrons. The van der Waals surface area contributed by atoms with Crippen LogP contribution in [0, 0.1) is 11.8 Å². The molecule has 1 saturated heterocycles. The number of nitrogens with zero attached hydrogens (tertiary/aromatic N) is 3. The van der Waals surface area contributed by atoms with Crippen molar-refractivity contribution in [3.8, 4) is 0 Å². The summed E-state index contributed by atoms with van der Waals surface area (Å²) in [6, 6.07) is 0.0285. The third kappa shape index (κ3) is 3.91. The second-order valence-electron chi connectivity index (χ2n) is 7.01. The van der Waals surface area contributed by atoms with Gasteiger partial charge in [0.05, 0.1) is 6.04 Å². The molecule has 3 heterocycles. The van der Waals surface area contributed by atoms with Gasteiger partial charge in [0, 0.05) is 19.4 Å². The average molecular weight is 319 g/mol. The second-order valence-corrected chi connectivity index (χ2v) is 7.01. The minimum Gasteiger partial charge on any atom is -0.346 e. The first kappa shape index (κ1) is 16.4. The van der Waals surface area contributed by atoms with Crippen LogP contribution in [0.25, 0.3) is 0 Å². The molecule has 0 aromatic carbocycles. The zero-order chi connectivity index (χ0) is 16.2. The summed E-state index contributed by atoms with van der Waals surface area (Å²) < 4.78 is 1.97. The summed E-state index contributed by atoms with van der Waals surface area (Å²) in [6.45, 7) is 7.35. The zero-order valence-corrected chi connectivity index (χ0v) is 14.3. The van der Waals surface area contributed by atoms with Gasteiger partial charge < -0.3 is 10.6 Å². The van der Waals surface area contributed by atoms with E-state index >= 15 is 0 Å². The summed E-state index contributed by atoms with van der Waals surface area (Å²) in [7, 11) is 0. The van der Waals surface area contributed by atoms with Crippen molar-refractivity contribution in [2.24, 2.45) is 11.8 Å². The maximum Gasteiger partial charge on any atom is 0.220 e. The summed E-state index contributed by atoms with van der Waals surface area (Å²) in [5.41, 5.74) is 0. The Kier molecular flexibility index (Phi) is 5.30. The molecule has 128 valence electrons. The first-order chi connectivity index (χ1) is 11.2. The van der Waals surface area contributed by atoms with Crippen molar-refractivity contribution >= 4 is 5.91 Å². The van der Waals surface area contributed by atoms with Crippen LogP contribution >= 0.6 is 0 Å². The summed E-state index contributed by atoms with van der Waals surface area (Å²) in [4.78, 5) is 17.1. The van der Waals surface area contributed by atoms with Gasteiger partial charge in [-0.05, 0) is 50.6 Å². The third-order valence-electron chi connectivity index (χ3n) is 5.22. The summed E-state index contributed by atoms with van der Waals surface area (Å²) in [5, 5.41) is 11.1. The molecular formula is C17H29N5O. The highest BCUT2D eigenvalue weighted by Gasteiger charge is 2.27. The number of rotatable bonds is 5.